The monoisotopic (exact) mass is 575 g/mol. The smallest absolute Gasteiger partial charge is 0.262 e. The van der Waals surface area contributed by atoms with Crippen molar-refractivity contribution in [3.63, 3.8) is 0 Å². The van der Waals surface area contributed by atoms with Crippen molar-refractivity contribution >= 4 is 33.7 Å². The molecule has 1 fully saturated rings. The second-order valence-corrected chi connectivity index (χ2v) is 11.0. The Morgan fingerprint density at radius 1 is 1.05 bits per heavy atom. The zero-order valence-electron chi connectivity index (χ0n) is 23.9. The summed E-state index contributed by atoms with van der Waals surface area (Å²) < 4.78 is 19.2. The molecule has 0 spiro atoms. The molecule has 0 unspecified atom stereocenters. The quantitative estimate of drug-likeness (QED) is 0.286. The van der Waals surface area contributed by atoms with Crippen molar-refractivity contribution in [3.05, 3.63) is 90.6 Å². The number of pyridine rings is 2. The van der Waals surface area contributed by atoms with E-state index in [1.54, 1.807) is 41.7 Å². The molecule has 0 radical (unpaired) electrons. The first-order valence-electron chi connectivity index (χ1n) is 14.4. The van der Waals surface area contributed by atoms with E-state index in [1.165, 1.54) is 16.8 Å². The van der Waals surface area contributed by atoms with E-state index in [2.05, 4.69) is 45.6 Å². The number of halogens is 1. The van der Waals surface area contributed by atoms with E-state index in [1.807, 2.05) is 28.9 Å². The molecule has 1 N–H and O–H groups in total. The largest absolute Gasteiger partial charge is 0.315 e. The van der Waals surface area contributed by atoms with Gasteiger partial charge in [0.1, 0.15) is 17.2 Å². The SMILES string of the molecule is CC(C)n1nccc1-c1ccc2c(N(C(=O)c3ccc(-n4nnc5cccnc54)cc3F)[C@@H]3CCCNC3)nccc2c1. The second-order valence-electron chi connectivity index (χ2n) is 11.0. The maximum Gasteiger partial charge on any atom is 0.262 e. The summed E-state index contributed by atoms with van der Waals surface area (Å²) in [6.45, 7) is 5.65. The minimum Gasteiger partial charge on any atom is -0.315 e. The number of piperidine rings is 1. The van der Waals surface area contributed by atoms with Gasteiger partial charge in [-0.05, 0) is 87.2 Å². The molecular weight excluding hydrogens is 545 g/mol. The van der Waals surface area contributed by atoms with E-state index in [-0.39, 0.29) is 17.6 Å². The normalized spacial score (nSPS) is 15.4. The van der Waals surface area contributed by atoms with E-state index >= 15 is 4.39 Å². The molecule has 6 aromatic rings. The number of fused-ring (bicyclic) bond motifs is 2. The molecule has 43 heavy (non-hydrogen) atoms. The molecule has 0 bridgehead atoms. The van der Waals surface area contributed by atoms with Gasteiger partial charge in [0.15, 0.2) is 5.65 Å². The number of benzene rings is 2. The summed E-state index contributed by atoms with van der Waals surface area (Å²) in [5.41, 5.74) is 3.52. The molecule has 7 rings (SSSR count). The highest BCUT2D eigenvalue weighted by Gasteiger charge is 2.31. The molecule has 5 heterocycles. The van der Waals surface area contributed by atoms with Crippen LogP contribution in [0.25, 0.3) is 38.9 Å². The van der Waals surface area contributed by atoms with Gasteiger partial charge in [-0.2, -0.15) is 9.78 Å². The third-order valence-electron chi connectivity index (χ3n) is 7.92. The summed E-state index contributed by atoms with van der Waals surface area (Å²) in [6, 6.07) is 18.1. The zero-order valence-corrected chi connectivity index (χ0v) is 23.9. The standard InChI is InChI=1S/C32H30FN9O/c1-20(2)41-29(12-16-37-41)22-7-9-25-21(17-22)11-15-36-30(25)40(24-5-3-13-34-19-24)32(43)26-10-8-23(18-27(26)33)42-31-28(38-39-42)6-4-14-35-31/h4,6-12,14-18,20,24,34H,3,5,13,19H2,1-2H3/t24-/m1/s1. The van der Waals surface area contributed by atoms with Gasteiger partial charge in [0.2, 0.25) is 0 Å². The summed E-state index contributed by atoms with van der Waals surface area (Å²) in [5, 5.41) is 17.9. The Hall–Kier alpha value is -5.03. The maximum atomic E-state index is 15.8. The summed E-state index contributed by atoms with van der Waals surface area (Å²) in [5.74, 6) is -0.586. The van der Waals surface area contributed by atoms with Crippen LogP contribution < -0.4 is 10.2 Å². The molecule has 11 heteroatoms. The minimum atomic E-state index is -0.652. The number of amides is 1. The van der Waals surface area contributed by atoms with Crippen LogP contribution in [0, 0.1) is 5.82 Å². The fraction of sp³-hybridized carbons (Fsp3) is 0.250. The van der Waals surface area contributed by atoms with Gasteiger partial charge in [-0.15, -0.1) is 5.10 Å². The first kappa shape index (κ1) is 26.8. The predicted molar refractivity (Wildman–Crippen MR) is 163 cm³/mol. The van der Waals surface area contributed by atoms with Gasteiger partial charge in [0, 0.05) is 48.2 Å². The van der Waals surface area contributed by atoms with Crippen molar-refractivity contribution in [1.82, 2.24) is 40.1 Å². The maximum absolute atomic E-state index is 15.8. The second kappa shape index (κ2) is 11.0. The van der Waals surface area contributed by atoms with Crippen LogP contribution in [-0.2, 0) is 0 Å². The number of nitrogens with one attached hydrogen (secondary N) is 1. The van der Waals surface area contributed by atoms with Gasteiger partial charge >= 0.3 is 0 Å². The molecule has 10 nitrogen and oxygen atoms in total. The summed E-state index contributed by atoms with van der Waals surface area (Å²) in [6.07, 6.45) is 6.82. The van der Waals surface area contributed by atoms with Crippen LogP contribution >= 0.6 is 0 Å². The average molecular weight is 576 g/mol. The van der Waals surface area contributed by atoms with Crippen molar-refractivity contribution in [1.29, 1.82) is 0 Å². The van der Waals surface area contributed by atoms with Crippen molar-refractivity contribution in [2.24, 2.45) is 0 Å². The van der Waals surface area contributed by atoms with Gasteiger partial charge in [-0.3, -0.25) is 14.4 Å². The van der Waals surface area contributed by atoms with Crippen LogP contribution in [0.2, 0.25) is 0 Å². The topological polar surface area (TPSA) is 107 Å². The van der Waals surface area contributed by atoms with E-state index in [0.717, 1.165) is 41.4 Å². The lowest BCUT2D eigenvalue weighted by Gasteiger charge is -2.34. The van der Waals surface area contributed by atoms with E-state index in [9.17, 15) is 4.79 Å². The van der Waals surface area contributed by atoms with Crippen LogP contribution in [0.15, 0.2) is 79.3 Å². The molecule has 1 aliphatic heterocycles. The molecule has 2 aromatic carbocycles. The first-order chi connectivity index (χ1) is 21.0. The van der Waals surface area contributed by atoms with Gasteiger partial charge in [0.05, 0.1) is 23.0 Å². The number of rotatable bonds is 6. The number of aromatic nitrogens is 7. The lowest BCUT2D eigenvalue weighted by molar-refractivity contribution is 0.0968. The van der Waals surface area contributed by atoms with Crippen molar-refractivity contribution in [3.8, 4) is 16.9 Å². The van der Waals surface area contributed by atoms with E-state index < -0.39 is 11.7 Å². The third kappa shape index (κ3) is 4.81. The Kier molecular flexibility index (Phi) is 6.86. The number of carbonyl (C=O) groups excluding carboxylic acids is 1. The van der Waals surface area contributed by atoms with Gasteiger partial charge in [-0.1, -0.05) is 11.3 Å². The first-order valence-corrected chi connectivity index (χ1v) is 14.4. The van der Waals surface area contributed by atoms with Gasteiger partial charge in [-0.25, -0.2) is 14.4 Å². The third-order valence-corrected chi connectivity index (χ3v) is 7.92. The Morgan fingerprint density at radius 3 is 2.77 bits per heavy atom. The Balaban J connectivity index is 1.29. The van der Waals surface area contributed by atoms with Crippen molar-refractivity contribution in [2.75, 3.05) is 18.0 Å². The number of hydrogen-bond donors (Lipinski definition) is 1. The Labute approximate surface area is 247 Å². The highest BCUT2D eigenvalue weighted by Crippen LogP contribution is 2.33. The van der Waals surface area contributed by atoms with Crippen LogP contribution in [0.1, 0.15) is 43.1 Å². The molecule has 1 atom stereocenters. The van der Waals surface area contributed by atoms with E-state index in [4.69, 9.17) is 4.98 Å². The molecule has 4 aromatic heterocycles. The average Bonchev–Trinajstić information content (AvgIpc) is 3.70. The molecule has 216 valence electrons. The Morgan fingerprint density at radius 2 is 1.95 bits per heavy atom. The van der Waals surface area contributed by atoms with Gasteiger partial charge < -0.3 is 5.32 Å². The van der Waals surface area contributed by atoms with Crippen LogP contribution in [0.5, 0.6) is 0 Å². The zero-order chi connectivity index (χ0) is 29.5. The lowest BCUT2D eigenvalue weighted by atomic mass is 10.0. The fourth-order valence-corrected chi connectivity index (χ4v) is 5.83. The minimum absolute atomic E-state index is 0.0389. The molecule has 1 aliphatic rings. The number of anilines is 1. The van der Waals surface area contributed by atoms with Crippen LogP contribution in [0.3, 0.4) is 0 Å². The molecule has 0 saturated carbocycles. The van der Waals surface area contributed by atoms with Crippen LogP contribution in [-0.4, -0.2) is 59.8 Å². The Bertz CT molecular complexity index is 1960. The number of nitrogens with zero attached hydrogens (tertiary/aromatic N) is 8. The summed E-state index contributed by atoms with van der Waals surface area (Å²) in [7, 11) is 0. The van der Waals surface area contributed by atoms with Crippen molar-refractivity contribution in [2.45, 2.75) is 38.8 Å². The predicted octanol–water partition coefficient (Wildman–Crippen LogP) is 5.35. The summed E-state index contributed by atoms with van der Waals surface area (Å²) in [4.78, 5) is 24.9. The molecule has 1 amide bonds. The molecule has 1 saturated heterocycles. The lowest BCUT2D eigenvalue weighted by Crippen LogP contribution is -2.49. The number of carbonyl (C=O) groups is 1. The summed E-state index contributed by atoms with van der Waals surface area (Å²) >= 11 is 0. The highest BCUT2D eigenvalue weighted by molar-refractivity contribution is 6.10. The van der Waals surface area contributed by atoms with Gasteiger partial charge in [0.25, 0.3) is 5.91 Å². The fourth-order valence-electron chi connectivity index (χ4n) is 5.83. The highest BCUT2D eigenvalue weighted by atomic mass is 19.1. The van der Waals surface area contributed by atoms with Crippen molar-refractivity contribution < 1.29 is 9.18 Å². The number of hydrogen-bond acceptors (Lipinski definition) is 7. The van der Waals surface area contributed by atoms with E-state index in [0.29, 0.717) is 29.2 Å². The molecule has 0 aliphatic carbocycles. The molecular formula is C32H30FN9O. The van der Waals surface area contributed by atoms with Crippen LogP contribution in [0.4, 0.5) is 10.2 Å².